The second-order valence-corrected chi connectivity index (χ2v) is 10.1. The van der Waals surface area contributed by atoms with Crippen LogP contribution in [0.2, 0.25) is 0 Å². The van der Waals surface area contributed by atoms with E-state index in [1.807, 2.05) is 43.3 Å². The van der Waals surface area contributed by atoms with Crippen LogP contribution < -0.4 is 4.72 Å². The molecule has 0 aliphatic carbocycles. The van der Waals surface area contributed by atoms with Crippen LogP contribution in [0.5, 0.6) is 0 Å². The molecule has 1 aromatic carbocycles. The predicted molar refractivity (Wildman–Crippen MR) is 124 cm³/mol. The Morgan fingerprint density at radius 1 is 1.00 bits per heavy atom. The van der Waals surface area contributed by atoms with E-state index in [4.69, 9.17) is 0 Å². The Hall–Kier alpha value is -3.63. The molecule has 4 aromatic heterocycles. The molecule has 5 rings (SSSR count). The van der Waals surface area contributed by atoms with Crippen molar-refractivity contribution in [1.29, 1.82) is 0 Å². The van der Waals surface area contributed by atoms with Gasteiger partial charge in [-0.25, -0.2) is 8.42 Å². The average Bonchev–Trinajstić information content (AvgIpc) is 3.47. The first-order chi connectivity index (χ1) is 15.5. The van der Waals surface area contributed by atoms with Crippen LogP contribution in [0.15, 0.2) is 77.3 Å². The van der Waals surface area contributed by atoms with Gasteiger partial charge in [-0.2, -0.15) is 9.61 Å². The van der Waals surface area contributed by atoms with Gasteiger partial charge in [0.1, 0.15) is 4.21 Å². The highest BCUT2D eigenvalue weighted by molar-refractivity contribution is 7.94. The second kappa shape index (κ2) is 8.13. The third kappa shape index (κ3) is 3.85. The number of hydrogen-bond acceptors (Lipinski definition) is 7. The maximum atomic E-state index is 12.8. The van der Waals surface area contributed by atoms with Gasteiger partial charge in [-0.05, 0) is 55.0 Å². The van der Waals surface area contributed by atoms with E-state index < -0.39 is 10.0 Å². The van der Waals surface area contributed by atoms with E-state index in [9.17, 15) is 8.42 Å². The summed E-state index contributed by atoms with van der Waals surface area (Å²) in [7, 11) is -3.65. The zero-order chi connectivity index (χ0) is 22.1. The number of aryl methyl sites for hydroxylation is 1. The van der Waals surface area contributed by atoms with Crippen LogP contribution in [-0.4, -0.2) is 33.2 Å². The topological polar surface area (TPSA) is 102 Å². The SMILES string of the molecule is CCc1ccc(S(=O)(=O)Nc2cccc(-c3ccc4nnc(-c5cccnc5)n4n3)c2)s1. The predicted octanol–water partition coefficient (Wildman–Crippen LogP) is 4.28. The van der Waals surface area contributed by atoms with Gasteiger partial charge in [0.05, 0.1) is 5.69 Å². The average molecular weight is 463 g/mol. The van der Waals surface area contributed by atoms with Crippen LogP contribution in [0.4, 0.5) is 5.69 Å². The molecule has 0 spiro atoms. The Morgan fingerprint density at radius 3 is 2.66 bits per heavy atom. The molecule has 0 atom stereocenters. The third-order valence-corrected chi connectivity index (χ3v) is 7.95. The summed E-state index contributed by atoms with van der Waals surface area (Å²) in [6.45, 7) is 2.00. The van der Waals surface area contributed by atoms with Crippen LogP contribution in [0.3, 0.4) is 0 Å². The summed E-state index contributed by atoms with van der Waals surface area (Å²) in [5, 5.41) is 13.1. The quantitative estimate of drug-likeness (QED) is 0.404. The zero-order valence-corrected chi connectivity index (χ0v) is 18.6. The molecule has 5 aromatic rings. The Bertz CT molecular complexity index is 1510. The maximum Gasteiger partial charge on any atom is 0.271 e. The minimum Gasteiger partial charge on any atom is -0.279 e. The van der Waals surface area contributed by atoms with Crippen LogP contribution in [-0.2, 0) is 16.4 Å². The summed E-state index contributed by atoms with van der Waals surface area (Å²) < 4.78 is 30.2. The summed E-state index contributed by atoms with van der Waals surface area (Å²) in [6, 6.07) is 18.0. The minimum atomic E-state index is -3.65. The molecule has 0 saturated carbocycles. The zero-order valence-electron chi connectivity index (χ0n) is 17.0. The molecule has 8 nitrogen and oxygen atoms in total. The Morgan fingerprint density at radius 2 is 1.88 bits per heavy atom. The van der Waals surface area contributed by atoms with Crippen molar-refractivity contribution in [1.82, 2.24) is 24.8 Å². The number of aromatic nitrogens is 5. The van der Waals surface area contributed by atoms with Gasteiger partial charge in [0.25, 0.3) is 10.0 Å². The van der Waals surface area contributed by atoms with E-state index in [2.05, 4.69) is 25.0 Å². The summed E-state index contributed by atoms with van der Waals surface area (Å²) in [6.07, 6.45) is 4.19. The highest BCUT2D eigenvalue weighted by atomic mass is 32.2. The number of benzene rings is 1. The summed E-state index contributed by atoms with van der Waals surface area (Å²) in [5.41, 5.74) is 3.29. The Balaban J connectivity index is 1.49. The van der Waals surface area contributed by atoms with E-state index in [1.165, 1.54) is 11.3 Å². The lowest BCUT2D eigenvalue weighted by molar-refractivity contribution is 0.603. The van der Waals surface area contributed by atoms with Gasteiger partial charge in [-0.3, -0.25) is 9.71 Å². The van der Waals surface area contributed by atoms with Gasteiger partial charge >= 0.3 is 0 Å². The van der Waals surface area contributed by atoms with Crippen molar-refractivity contribution >= 4 is 32.7 Å². The number of nitrogens with one attached hydrogen (secondary N) is 1. The summed E-state index contributed by atoms with van der Waals surface area (Å²) in [4.78, 5) is 5.16. The number of fused-ring (bicyclic) bond motifs is 1. The Kier molecular flexibility index (Phi) is 5.16. The first-order valence-electron chi connectivity index (χ1n) is 9.88. The van der Waals surface area contributed by atoms with E-state index in [0.29, 0.717) is 27.1 Å². The molecule has 160 valence electrons. The fraction of sp³-hybridized carbons (Fsp3) is 0.0909. The lowest BCUT2D eigenvalue weighted by atomic mass is 10.1. The molecular formula is C22H18N6O2S2. The molecule has 0 bridgehead atoms. The second-order valence-electron chi connectivity index (χ2n) is 7.01. The molecule has 0 amide bonds. The van der Waals surface area contributed by atoms with Crippen molar-refractivity contribution < 1.29 is 8.42 Å². The van der Waals surface area contributed by atoms with Crippen molar-refractivity contribution in [3.05, 3.63) is 77.9 Å². The van der Waals surface area contributed by atoms with Gasteiger partial charge in [-0.1, -0.05) is 19.1 Å². The molecule has 4 heterocycles. The molecule has 10 heteroatoms. The highest BCUT2D eigenvalue weighted by Gasteiger charge is 2.17. The largest absolute Gasteiger partial charge is 0.279 e. The molecule has 0 saturated heterocycles. The van der Waals surface area contributed by atoms with E-state index in [1.54, 1.807) is 41.2 Å². The lowest BCUT2D eigenvalue weighted by Crippen LogP contribution is -2.11. The van der Waals surface area contributed by atoms with Crippen LogP contribution in [0, 0.1) is 0 Å². The number of rotatable bonds is 6. The molecular weight excluding hydrogens is 444 g/mol. The fourth-order valence-electron chi connectivity index (χ4n) is 3.26. The first-order valence-corrected chi connectivity index (χ1v) is 12.2. The number of nitrogens with zero attached hydrogens (tertiary/aromatic N) is 5. The van der Waals surface area contributed by atoms with E-state index in [-0.39, 0.29) is 0 Å². The summed E-state index contributed by atoms with van der Waals surface area (Å²) in [5.74, 6) is 0.580. The van der Waals surface area contributed by atoms with Gasteiger partial charge in [0.2, 0.25) is 0 Å². The number of hydrogen-bond donors (Lipinski definition) is 1. The molecule has 0 fully saturated rings. The van der Waals surface area contributed by atoms with Crippen LogP contribution in [0.1, 0.15) is 11.8 Å². The van der Waals surface area contributed by atoms with Crippen LogP contribution >= 0.6 is 11.3 Å². The van der Waals surface area contributed by atoms with Crippen LogP contribution in [0.25, 0.3) is 28.3 Å². The molecule has 32 heavy (non-hydrogen) atoms. The summed E-state index contributed by atoms with van der Waals surface area (Å²) >= 11 is 1.28. The van der Waals surface area contributed by atoms with E-state index >= 15 is 0 Å². The lowest BCUT2D eigenvalue weighted by Gasteiger charge is -2.09. The molecule has 0 aliphatic heterocycles. The van der Waals surface area contributed by atoms with Gasteiger partial charge in [-0.15, -0.1) is 21.5 Å². The highest BCUT2D eigenvalue weighted by Crippen LogP contribution is 2.27. The fourth-order valence-corrected chi connectivity index (χ4v) is 5.60. The standard InChI is InChI=1S/C22H18N6O2S2/c1-2-18-8-11-21(31-18)32(29,30)27-17-7-3-5-15(13-17)19-9-10-20-24-25-22(28(20)26-19)16-6-4-12-23-14-16/h3-14,27H,2H2,1H3. The van der Waals surface area contributed by atoms with Crippen molar-refractivity contribution in [2.24, 2.45) is 0 Å². The molecule has 0 aliphatic rings. The number of anilines is 1. The van der Waals surface area contributed by atoms with Crippen molar-refractivity contribution in [2.75, 3.05) is 4.72 Å². The normalized spacial score (nSPS) is 11.7. The Labute approximate surface area is 188 Å². The first kappa shape index (κ1) is 20.3. The van der Waals surface area contributed by atoms with Gasteiger partial charge in [0.15, 0.2) is 11.5 Å². The number of pyridine rings is 1. The molecule has 0 radical (unpaired) electrons. The molecule has 0 unspecified atom stereocenters. The smallest absolute Gasteiger partial charge is 0.271 e. The third-order valence-electron chi connectivity index (χ3n) is 4.84. The van der Waals surface area contributed by atoms with E-state index in [0.717, 1.165) is 22.4 Å². The molecule has 1 N–H and O–H groups in total. The van der Waals surface area contributed by atoms with Gasteiger partial charge in [0, 0.05) is 34.1 Å². The van der Waals surface area contributed by atoms with Gasteiger partial charge < -0.3 is 0 Å². The number of sulfonamides is 1. The monoisotopic (exact) mass is 462 g/mol. The van der Waals surface area contributed by atoms with Crippen molar-refractivity contribution in [3.63, 3.8) is 0 Å². The maximum absolute atomic E-state index is 12.8. The minimum absolute atomic E-state index is 0.296. The van der Waals surface area contributed by atoms with Crippen molar-refractivity contribution in [3.8, 4) is 22.6 Å². The number of thiophene rings is 1. The van der Waals surface area contributed by atoms with Crippen molar-refractivity contribution in [2.45, 2.75) is 17.6 Å².